The van der Waals surface area contributed by atoms with E-state index in [0.717, 1.165) is 37.2 Å². The van der Waals surface area contributed by atoms with Gasteiger partial charge in [0, 0.05) is 31.2 Å². The quantitative estimate of drug-likeness (QED) is 0.797. The summed E-state index contributed by atoms with van der Waals surface area (Å²) in [7, 11) is 2.21. The number of likely N-dealkylation sites (tertiary alicyclic amines) is 1. The number of hydrogen-bond acceptors (Lipinski definition) is 4. The first-order valence-electron chi connectivity index (χ1n) is 8.43. The number of rotatable bonds is 8. The third-order valence-electron chi connectivity index (χ3n) is 4.65. The molecule has 4 heteroatoms. The first kappa shape index (κ1) is 15.1. The fourth-order valence-electron chi connectivity index (χ4n) is 3.05. The minimum absolute atomic E-state index is 0.738. The SMILES string of the molecule is Cc1oc(CNC2CC2)cc1CN(C)CCN1CCCC1. The Morgan fingerprint density at radius 3 is 2.81 bits per heavy atom. The Morgan fingerprint density at radius 2 is 2.10 bits per heavy atom. The molecule has 118 valence electrons. The third-order valence-corrected chi connectivity index (χ3v) is 4.65. The lowest BCUT2D eigenvalue weighted by Gasteiger charge is -2.20. The molecule has 1 aromatic heterocycles. The Hall–Kier alpha value is -0.840. The number of hydrogen-bond donors (Lipinski definition) is 1. The molecule has 0 radical (unpaired) electrons. The van der Waals surface area contributed by atoms with Gasteiger partial charge in [0.15, 0.2) is 0 Å². The van der Waals surface area contributed by atoms with Crippen LogP contribution in [0.15, 0.2) is 10.5 Å². The molecule has 4 nitrogen and oxygen atoms in total. The standard InChI is InChI=1S/C17H29N3O/c1-14-15(11-17(21-14)12-18-16-5-6-16)13-19(2)9-10-20-7-3-4-8-20/h11,16,18H,3-10,12-13H2,1-2H3. The normalized spacial score (nSPS) is 19.8. The average molecular weight is 291 g/mol. The van der Waals surface area contributed by atoms with Gasteiger partial charge in [-0.05, 0) is 58.8 Å². The Labute approximate surface area is 128 Å². The van der Waals surface area contributed by atoms with Crippen LogP contribution in [0.3, 0.4) is 0 Å². The minimum atomic E-state index is 0.738. The van der Waals surface area contributed by atoms with Crippen molar-refractivity contribution in [3.8, 4) is 0 Å². The number of furan rings is 1. The zero-order valence-electron chi connectivity index (χ0n) is 13.5. The largest absolute Gasteiger partial charge is 0.465 e. The van der Waals surface area contributed by atoms with Crippen molar-refractivity contribution in [3.05, 3.63) is 23.2 Å². The Balaban J connectivity index is 1.44. The van der Waals surface area contributed by atoms with E-state index in [9.17, 15) is 0 Å². The molecule has 3 rings (SSSR count). The molecule has 0 amide bonds. The van der Waals surface area contributed by atoms with Crippen molar-refractivity contribution in [1.29, 1.82) is 0 Å². The lowest BCUT2D eigenvalue weighted by atomic mass is 10.2. The number of nitrogens with zero attached hydrogens (tertiary/aromatic N) is 2. The van der Waals surface area contributed by atoms with Crippen LogP contribution in [0.25, 0.3) is 0 Å². The second-order valence-corrected chi connectivity index (χ2v) is 6.74. The van der Waals surface area contributed by atoms with Crippen molar-refractivity contribution in [2.24, 2.45) is 0 Å². The summed E-state index contributed by atoms with van der Waals surface area (Å²) in [5, 5.41) is 3.51. The molecule has 0 atom stereocenters. The second-order valence-electron chi connectivity index (χ2n) is 6.74. The van der Waals surface area contributed by atoms with Gasteiger partial charge < -0.3 is 19.5 Å². The fraction of sp³-hybridized carbons (Fsp3) is 0.765. The van der Waals surface area contributed by atoms with Gasteiger partial charge in [0.1, 0.15) is 11.5 Å². The Morgan fingerprint density at radius 1 is 1.33 bits per heavy atom. The number of nitrogens with one attached hydrogen (secondary N) is 1. The molecule has 1 aliphatic heterocycles. The van der Waals surface area contributed by atoms with Crippen LogP contribution in [-0.2, 0) is 13.1 Å². The Kier molecular flexibility index (Phi) is 4.99. The van der Waals surface area contributed by atoms with Crippen LogP contribution in [0.1, 0.15) is 42.8 Å². The van der Waals surface area contributed by atoms with Gasteiger partial charge in [0.25, 0.3) is 0 Å². The molecule has 0 spiro atoms. The molecule has 0 aromatic carbocycles. The molecule has 2 fully saturated rings. The first-order chi connectivity index (χ1) is 10.2. The van der Waals surface area contributed by atoms with Gasteiger partial charge in [-0.3, -0.25) is 0 Å². The third kappa shape index (κ3) is 4.56. The highest BCUT2D eigenvalue weighted by Crippen LogP contribution is 2.21. The predicted octanol–water partition coefficient (Wildman–Crippen LogP) is 2.37. The van der Waals surface area contributed by atoms with Crippen molar-refractivity contribution in [1.82, 2.24) is 15.1 Å². The zero-order valence-corrected chi connectivity index (χ0v) is 13.5. The molecule has 1 saturated carbocycles. The highest BCUT2D eigenvalue weighted by molar-refractivity contribution is 5.20. The maximum Gasteiger partial charge on any atom is 0.118 e. The van der Waals surface area contributed by atoms with Crippen molar-refractivity contribution < 1.29 is 4.42 Å². The van der Waals surface area contributed by atoms with Crippen molar-refractivity contribution >= 4 is 0 Å². The van der Waals surface area contributed by atoms with Crippen LogP contribution in [0.2, 0.25) is 0 Å². The zero-order chi connectivity index (χ0) is 14.7. The predicted molar refractivity (Wildman–Crippen MR) is 85.3 cm³/mol. The van der Waals surface area contributed by atoms with Crippen molar-refractivity contribution in [2.45, 2.75) is 51.7 Å². The van der Waals surface area contributed by atoms with Crippen LogP contribution in [0.4, 0.5) is 0 Å². The summed E-state index contributed by atoms with van der Waals surface area (Å²) in [6.45, 7) is 8.87. The van der Waals surface area contributed by atoms with E-state index < -0.39 is 0 Å². The summed E-state index contributed by atoms with van der Waals surface area (Å²) in [5.74, 6) is 2.16. The second kappa shape index (κ2) is 6.95. The number of aryl methyl sites for hydroxylation is 1. The van der Waals surface area contributed by atoms with Crippen LogP contribution >= 0.6 is 0 Å². The van der Waals surface area contributed by atoms with Gasteiger partial charge >= 0.3 is 0 Å². The van der Waals surface area contributed by atoms with E-state index in [2.05, 4.69) is 35.2 Å². The van der Waals surface area contributed by atoms with Gasteiger partial charge in [-0.2, -0.15) is 0 Å². The highest BCUT2D eigenvalue weighted by Gasteiger charge is 2.21. The molecule has 2 aliphatic rings. The smallest absolute Gasteiger partial charge is 0.118 e. The maximum absolute atomic E-state index is 5.87. The topological polar surface area (TPSA) is 31.7 Å². The summed E-state index contributed by atoms with van der Waals surface area (Å²) < 4.78 is 5.87. The molecule has 21 heavy (non-hydrogen) atoms. The summed E-state index contributed by atoms with van der Waals surface area (Å²) >= 11 is 0. The van der Waals surface area contributed by atoms with Crippen molar-refractivity contribution in [2.75, 3.05) is 33.2 Å². The van der Waals surface area contributed by atoms with Gasteiger partial charge in [-0.1, -0.05) is 0 Å². The summed E-state index contributed by atoms with van der Waals surface area (Å²) in [5.41, 5.74) is 1.34. The van der Waals surface area contributed by atoms with Gasteiger partial charge in [0.05, 0.1) is 6.54 Å². The number of likely N-dealkylation sites (N-methyl/N-ethyl adjacent to an activating group) is 1. The molecular formula is C17H29N3O. The average Bonchev–Trinajstić information content (AvgIpc) is 3.02. The van der Waals surface area contributed by atoms with Crippen LogP contribution in [-0.4, -0.2) is 49.1 Å². The monoisotopic (exact) mass is 291 g/mol. The minimum Gasteiger partial charge on any atom is -0.465 e. The fourth-order valence-corrected chi connectivity index (χ4v) is 3.05. The van der Waals surface area contributed by atoms with E-state index in [-0.39, 0.29) is 0 Å². The molecule has 1 aromatic rings. The molecule has 1 saturated heterocycles. The molecule has 2 heterocycles. The first-order valence-corrected chi connectivity index (χ1v) is 8.43. The highest BCUT2D eigenvalue weighted by atomic mass is 16.3. The van der Waals surface area contributed by atoms with Crippen LogP contribution < -0.4 is 5.32 Å². The molecule has 1 aliphatic carbocycles. The van der Waals surface area contributed by atoms with E-state index >= 15 is 0 Å². The lowest BCUT2D eigenvalue weighted by Crippen LogP contribution is -2.31. The van der Waals surface area contributed by atoms with E-state index in [0.29, 0.717) is 0 Å². The van der Waals surface area contributed by atoms with Crippen LogP contribution in [0, 0.1) is 6.92 Å². The molecule has 0 bridgehead atoms. The molecular weight excluding hydrogens is 262 g/mol. The van der Waals surface area contributed by atoms with Gasteiger partial charge in [-0.15, -0.1) is 0 Å². The van der Waals surface area contributed by atoms with E-state index in [1.807, 2.05) is 0 Å². The van der Waals surface area contributed by atoms with E-state index in [4.69, 9.17) is 4.42 Å². The van der Waals surface area contributed by atoms with E-state index in [1.54, 1.807) is 0 Å². The molecule has 1 N–H and O–H groups in total. The van der Waals surface area contributed by atoms with E-state index in [1.165, 1.54) is 50.9 Å². The van der Waals surface area contributed by atoms with Gasteiger partial charge in [0.2, 0.25) is 0 Å². The van der Waals surface area contributed by atoms with Crippen LogP contribution in [0.5, 0.6) is 0 Å². The molecule has 0 unspecified atom stereocenters. The lowest BCUT2D eigenvalue weighted by molar-refractivity contribution is 0.251. The summed E-state index contributed by atoms with van der Waals surface area (Å²) in [6, 6.07) is 2.97. The summed E-state index contributed by atoms with van der Waals surface area (Å²) in [6.07, 6.45) is 5.40. The summed E-state index contributed by atoms with van der Waals surface area (Å²) in [4.78, 5) is 4.98. The maximum atomic E-state index is 5.87. The van der Waals surface area contributed by atoms with Crippen molar-refractivity contribution in [3.63, 3.8) is 0 Å². The van der Waals surface area contributed by atoms with Gasteiger partial charge in [-0.25, -0.2) is 0 Å². The Bertz CT molecular complexity index is 447.